The number of likely N-dealkylation sites (tertiary alicyclic amines) is 1. The van der Waals surface area contributed by atoms with Crippen LogP contribution in [0.1, 0.15) is 62.1 Å². The molecule has 5 rings (SSSR count). The van der Waals surface area contributed by atoms with Crippen molar-refractivity contribution >= 4 is 35.0 Å². The van der Waals surface area contributed by atoms with E-state index >= 15 is 0 Å². The maximum atomic E-state index is 12.1. The zero-order chi connectivity index (χ0) is 34.6. The first-order valence-electron chi connectivity index (χ1n) is 16.7. The predicted molar refractivity (Wildman–Crippen MR) is 192 cm³/mol. The van der Waals surface area contributed by atoms with Gasteiger partial charge in [-0.15, -0.1) is 0 Å². The lowest BCUT2D eigenvalue weighted by molar-refractivity contribution is -0.127. The van der Waals surface area contributed by atoms with Crippen molar-refractivity contribution in [3.63, 3.8) is 0 Å². The van der Waals surface area contributed by atoms with E-state index in [1.165, 1.54) is 17.7 Å². The fraction of sp³-hybridized carbons (Fsp3) is 0.368. The van der Waals surface area contributed by atoms with E-state index in [1.807, 2.05) is 50.2 Å². The second-order valence-electron chi connectivity index (χ2n) is 11.9. The second kappa shape index (κ2) is 17.3. The SMILES string of the molecule is CC.CNC(=O)C(CCC=O)Oc1ccc(N2CC(N3CCC(c4ccc(/C(=C/C(=N)c5ccccc5O)C(=N)N)cc4)CC3)C2)cc1. The third-order valence-electron chi connectivity index (χ3n) is 8.94. The van der Waals surface area contributed by atoms with Gasteiger partial charge in [0.1, 0.15) is 23.6 Å². The summed E-state index contributed by atoms with van der Waals surface area (Å²) in [5.74, 6) is 0.723. The van der Waals surface area contributed by atoms with Crippen molar-refractivity contribution < 1.29 is 19.4 Å². The molecule has 0 aliphatic carbocycles. The maximum absolute atomic E-state index is 12.1. The van der Waals surface area contributed by atoms with Crippen molar-refractivity contribution in [2.45, 2.75) is 57.6 Å². The highest BCUT2D eigenvalue weighted by molar-refractivity contribution is 6.27. The molecule has 0 saturated carbocycles. The van der Waals surface area contributed by atoms with Crippen LogP contribution in [0.25, 0.3) is 5.57 Å². The fourth-order valence-corrected chi connectivity index (χ4v) is 6.19. The van der Waals surface area contributed by atoms with Gasteiger partial charge in [0.05, 0.1) is 5.71 Å². The molecule has 3 aromatic rings. The van der Waals surface area contributed by atoms with Crippen LogP contribution in [-0.4, -0.2) is 79.1 Å². The van der Waals surface area contributed by atoms with E-state index in [2.05, 4.69) is 27.2 Å². The monoisotopic (exact) mass is 652 g/mol. The Bertz CT molecular complexity index is 1570. The number of hydrogen-bond acceptors (Lipinski definition) is 8. The molecule has 1 unspecified atom stereocenters. The van der Waals surface area contributed by atoms with Gasteiger partial charge in [0.2, 0.25) is 0 Å². The number of allylic oxidation sites excluding steroid dienone is 1. The molecule has 3 aromatic carbocycles. The summed E-state index contributed by atoms with van der Waals surface area (Å²) in [6, 6.07) is 23.1. The van der Waals surface area contributed by atoms with Gasteiger partial charge in [-0.3, -0.25) is 15.1 Å². The number of para-hydroxylation sites is 1. The largest absolute Gasteiger partial charge is 0.507 e. The van der Waals surface area contributed by atoms with Crippen LogP contribution < -0.4 is 20.7 Å². The molecular formula is C38H48N6O4. The molecule has 48 heavy (non-hydrogen) atoms. The number of phenols is 1. The first-order valence-corrected chi connectivity index (χ1v) is 16.7. The van der Waals surface area contributed by atoms with Crippen molar-refractivity contribution in [2.75, 3.05) is 38.1 Å². The lowest BCUT2D eigenvalue weighted by Gasteiger charge is -2.48. The highest BCUT2D eigenvalue weighted by Gasteiger charge is 2.34. The number of amides is 1. The van der Waals surface area contributed by atoms with Gasteiger partial charge in [-0.05, 0) is 85.5 Å². The Morgan fingerprint density at radius 2 is 1.67 bits per heavy atom. The topological polar surface area (TPSA) is 156 Å². The summed E-state index contributed by atoms with van der Waals surface area (Å²) in [4.78, 5) is 27.8. The normalized spacial score (nSPS) is 16.1. The molecule has 1 atom stereocenters. The van der Waals surface area contributed by atoms with Crippen LogP contribution >= 0.6 is 0 Å². The minimum atomic E-state index is -0.693. The Labute approximate surface area is 283 Å². The standard InChI is InChI=1S/C36H42N6O4.C2H6/c1-40-36(45)34(7-4-20-43)46-29-14-12-27(13-15-29)42-22-28(23-42)41-18-16-25(17-19-41)24-8-10-26(11-9-24)31(35(38)39)21-32(37)30-5-2-3-6-33(30)44;1-2/h2-3,5-6,8-15,20-21,25,28,34,37,44H,4,7,16-19,22-23H2,1H3,(H3,38,39)(H,40,45);1-2H3/b31-21-,37-32?;. The Morgan fingerprint density at radius 1 is 1.02 bits per heavy atom. The summed E-state index contributed by atoms with van der Waals surface area (Å²) in [5.41, 5.74) is 10.00. The molecule has 2 saturated heterocycles. The number of phenolic OH excluding ortho intramolecular Hbond substituents is 1. The average Bonchev–Trinajstić information content (AvgIpc) is 3.10. The fourth-order valence-electron chi connectivity index (χ4n) is 6.19. The van der Waals surface area contributed by atoms with Crippen LogP contribution in [0.15, 0.2) is 78.9 Å². The molecule has 0 spiro atoms. The van der Waals surface area contributed by atoms with Crippen LogP contribution in [0.5, 0.6) is 11.5 Å². The molecular weight excluding hydrogens is 604 g/mol. The van der Waals surface area contributed by atoms with Crippen LogP contribution in [0.2, 0.25) is 0 Å². The predicted octanol–water partition coefficient (Wildman–Crippen LogP) is 5.35. The van der Waals surface area contributed by atoms with E-state index in [-0.39, 0.29) is 29.6 Å². The highest BCUT2D eigenvalue weighted by Crippen LogP contribution is 2.33. The van der Waals surface area contributed by atoms with Gasteiger partial charge in [-0.25, -0.2) is 0 Å². The van der Waals surface area contributed by atoms with Gasteiger partial charge in [0.15, 0.2) is 6.10 Å². The van der Waals surface area contributed by atoms with Gasteiger partial charge < -0.3 is 36.0 Å². The lowest BCUT2D eigenvalue weighted by atomic mass is 9.87. The molecule has 0 bridgehead atoms. The van der Waals surface area contributed by atoms with Gasteiger partial charge in [0.25, 0.3) is 5.91 Å². The van der Waals surface area contributed by atoms with Gasteiger partial charge in [0, 0.05) is 55.8 Å². The quantitative estimate of drug-likeness (QED) is 0.0947. The first kappa shape index (κ1) is 35.9. The van der Waals surface area contributed by atoms with Crippen LogP contribution in [0.3, 0.4) is 0 Å². The number of likely N-dealkylation sites (N-methyl/N-ethyl adjacent to an activating group) is 1. The van der Waals surface area contributed by atoms with Crippen molar-refractivity contribution in [3.05, 3.63) is 95.6 Å². The number of nitrogens with two attached hydrogens (primary N) is 1. The summed E-state index contributed by atoms with van der Waals surface area (Å²) in [6.45, 7) is 8.01. The Morgan fingerprint density at radius 3 is 2.25 bits per heavy atom. The van der Waals surface area contributed by atoms with E-state index in [9.17, 15) is 14.7 Å². The molecule has 6 N–H and O–H groups in total. The molecule has 2 fully saturated rings. The summed E-state index contributed by atoms with van der Waals surface area (Å²) in [5, 5.41) is 29.2. The third-order valence-corrected chi connectivity index (χ3v) is 8.94. The smallest absolute Gasteiger partial charge is 0.260 e. The molecule has 10 heteroatoms. The zero-order valence-corrected chi connectivity index (χ0v) is 28.1. The molecule has 0 aromatic heterocycles. The van der Waals surface area contributed by atoms with Crippen LogP contribution in [-0.2, 0) is 9.59 Å². The number of carbonyl (C=O) groups is 2. The number of nitrogens with one attached hydrogen (secondary N) is 3. The summed E-state index contributed by atoms with van der Waals surface area (Å²) < 4.78 is 5.85. The van der Waals surface area contributed by atoms with Crippen molar-refractivity contribution in [1.29, 1.82) is 10.8 Å². The highest BCUT2D eigenvalue weighted by atomic mass is 16.5. The molecule has 2 aliphatic rings. The first-order chi connectivity index (χ1) is 23.3. The number of anilines is 1. The van der Waals surface area contributed by atoms with E-state index < -0.39 is 6.10 Å². The summed E-state index contributed by atoms with van der Waals surface area (Å²) >= 11 is 0. The summed E-state index contributed by atoms with van der Waals surface area (Å²) in [6.07, 6.45) is 4.40. The number of amidine groups is 1. The van der Waals surface area contributed by atoms with Gasteiger partial charge in [-0.1, -0.05) is 50.2 Å². The van der Waals surface area contributed by atoms with E-state index in [4.69, 9.17) is 21.3 Å². The molecule has 2 heterocycles. The number of ether oxygens (including phenoxy) is 1. The van der Waals surface area contributed by atoms with Crippen molar-refractivity contribution in [2.24, 2.45) is 5.73 Å². The molecule has 254 valence electrons. The zero-order valence-electron chi connectivity index (χ0n) is 28.1. The van der Waals surface area contributed by atoms with Gasteiger partial charge >= 0.3 is 0 Å². The van der Waals surface area contributed by atoms with Gasteiger partial charge in [-0.2, -0.15) is 0 Å². The summed E-state index contributed by atoms with van der Waals surface area (Å²) in [7, 11) is 1.56. The Balaban J connectivity index is 0.00000255. The number of hydrogen-bond donors (Lipinski definition) is 5. The second-order valence-corrected chi connectivity index (χ2v) is 11.9. The number of carbonyl (C=O) groups excluding carboxylic acids is 2. The number of aldehydes is 1. The molecule has 10 nitrogen and oxygen atoms in total. The number of aromatic hydroxyl groups is 1. The van der Waals surface area contributed by atoms with E-state index in [0.29, 0.717) is 35.3 Å². The molecule has 1 amide bonds. The number of piperidine rings is 1. The average molecular weight is 653 g/mol. The number of rotatable bonds is 13. The van der Waals surface area contributed by atoms with Crippen molar-refractivity contribution in [3.8, 4) is 11.5 Å². The minimum absolute atomic E-state index is 0.0181. The maximum Gasteiger partial charge on any atom is 0.260 e. The van der Waals surface area contributed by atoms with Crippen LogP contribution in [0.4, 0.5) is 5.69 Å². The molecule has 2 aliphatic heterocycles. The Hall–Kier alpha value is -4.96. The Kier molecular flexibility index (Phi) is 12.9. The number of benzene rings is 3. The van der Waals surface area contributed by atoms with E-state index in [1.54, 1.807) is 25.2 Å². The van der Waals surface area contributed by atoms with E-state index in [0.717, 1.165) is 56.6 Å². The van der Waals surface area contributed by atoms with Crippen LogP contribution in [0, 0.1) is 10.8 Å². The third kappa shape index (κ3) is 8.89. The lowest BCUT2D eigenvalue weighted by Crippen LogP contribution is -2.60. The molecule has 0 radical (unpaired) electrons. The number of nitrogens with zero attached hydrogens (tertiary/aromatic N) is 2. The van der Waals surface area contributed by atoms with Crippen molar-refractivity contribution in [1.82, 2.24) is 10.2 Å². The minimum Gasteiger partial charge on any atom is -0.507 e.